The maximum atomic E-state index is 13.2. The zero-order chi connectivity index (χ0) is 45.9. The lowest BCUT2D eigenvalue weighted by Gasteiger charge is -2.20. The number of carbonyl (C=O) groups is 1. The second-order valence-corrected chi connectivity index (χ2v) is 16.2. The Kier molecular flexibility index (Phi) is 15.3. The van der Waals surface area contributed by atoms with Crippen LogP contribution in [-0.2, 0) is 32.6 Å². The number of aromatic nitrogens is 3. The monoisotopic (exact) mass is 907 g/mol. The van der Waals surface area contributed by atoms with E-state index in [0.29, 0.717) is 81.9 Å². The molecule has 8 rings (SSSR count). The van der Waals surface area contributed by atoms with Crippen LogP contribution in [-0.4, -0.2) is 64.3 Å². The Morgan fingerprint density at radius 3 is 2.09 bits per heavy atom. The Bertz CT molecular complexity index is 2920. The van der Waals surface area contributed by atoms with Gasteiger partial charge in [0.2, 0.25) is 0 Å². The first-order chi connectivity index (χ1) is 31.6. The van der Waals surface area contributed by atoms with Crippen molar-refractivity contribution in [1.29, 1.82) is 10.5 Å². The third-order valence-electron chi connectivity index (χ3n) is 11.0. The normalized spacial score (nSPS) is 13.3. The zero-order valence-corrected chi connectivity index (χ0v) is 37.7. The molecule has 1 aliphatic heterocycles. The molecule has 0 unspecified atom stereocenters. The number of likely N-dealkylation sites (tertiary alicyclic amines) is 1. The molecule has 13 nitrogen and oxygen atoms in total. The molecule has 1 atom stereocenters. The minimum Gasteiger partial charge on any atom is -0.495 e. The van der Waals surface area contributed by atoms with Crippen LogP contribution in [0.25, 0.3) is 21.8 Å². The number of fused-ring (bicyclic) bond motifs is 2. The largest absolute Gasteiger partial charge is 0.495 e. The van der Waals surface area contributed by atoms with Gasteiger partial charge in [0.05, 0.1) is 88.2 Å². The maximum Gasteiger partial charge on any atom is 0.255 e. The highest BCUT2D eigenvalue weighted by Gasteiger charge is 2.22. The highest BCUT2D eigenvalue weighted by atomic mass is 35.5. The number of hydrogen-bond acceptors (Lipinski definition) is 12. The molecule has 1 amide bonds. The molecule has 4 aromatic carbocycles. The first kappa shape index (κ1) is 46.0. The molecular formula is C50H47Cl2N9O4. The number of nitrogens with one attached hydrogen (secondary N) is 3. The molecule has 0 bridgehead atoms. The summed E-state index contributed by atoms with van der Waals surface area (Å²) in [6.45, 7) is 5.45. The lowest BCUT2D eigenvalue weighted by atomic mass is 10.00. The standard InChI is InChI=1S/C27H24ClN5O2.C23H23ClN4O2/c1-3-19-10-18(13-29)11-21-25(19)32-16-22(27(34)33-15-20-6-4-5-9-30-20)26(21)31-14-17-7-8-24(35-2)23(28)12-17;1-30-22-5-3-16(9-20(22)24)11-27-23-17(13-28-7-6-18(29)14-28)12-26-21-4-2-15(10-25)8-19(21)23/h4-12,16H,3,14-15H2,1-2H3,(H,31,32)(H,33,34);2-5,8-9,12,18,29H,6-7,11,13-14H2,1H3,(H,26,27)/t;18-/m.1/s1. The van der Waals surface area contributed by atoms with Gasteiger partial charge in [0.25, 0.3) is 5.91 Å². The third kappa shape index (κ3) is 11.2. The average molecular weight is 909 g/mol. The number of aryl methyl sites for hydroxylation is 1. The number of anilines is 2. The van der Waals surface area contributed by atoms with E-state index in [2.05, 4.69) is 47.9 Å². The number of halogens is 2. The van der Waals surface area contributed by atoms with E-state index in [1.165, 1.54) is 0 Å². The predicted molar refractivity (Wildman–Crippen MR) is 254 cm³/mol. The fourth-order valence-electron chi connectivity index (χ4n) is 7.69. The van der Waals surface area contributed by atoms with Crippen molar-refractivity contribution in [3.8, 4) is 23.6 Å². The van der Waals surface area contributed by atoms with E-state index in [9.17, 15) is 20.4 Å². The number of aliphatic hydroxyl groups excluding tert-OH is 1. The fourth-order valence-corrected chi connectivity index (χ4v) is 8.25. The SMILES string of the molecule is CCc1cc(C#N)cc2c(NCc3ccc(OC)c(Cl)c3)c(C(=O)NCc3ccccn3)cnc12.COc1ccc(CNc2c(CN3CC[C@@H](O)C3)cnc3ccc(C#N)cc23)cc1Cl. The lowest BCUT2D eigenvalue weighted by Crippen LogP contribution is -2.24. The van der Waals surface area contributed by atoms with E-state index in [-0.39, 0.29) is 18.6 Å². The summed E-state index contributed by atoms with van der Waals surface area (Å²) in [6, 6.07) is 30.3. The Balaban J connectivity index is 0.000000196. The number of ether oxygens (including phenoxy) is 2. The van der Waals surface area contributed by atoms with Crippen LogP contribution in [0.2, 0.25) is 10.0 Å². The summed E-state index contributed by atoms with van der Waals surface area (Å²) in [4.78, 5) is 28.9. The van der Waals surface area contributed by atoms with Gasteiger partial charge in [-0.2, -0.15) is 10.5 Å². The molecule has 1 aliphatic rings. The van der Waals surface area contributed by atoms with E-state index in [1.807, 2.05) is 79.9 Å². The Labute approximate surface area is 387 Å². The molecule has 3 aromatic heterocycles. The number of nitrogens with zero attached hydrogens (tertiary/aromatic N) is 6. The predicted octanol–water partition coefficient (Wildman–Crippen LogP) is 9.22. The summed E-state index contributed by atoms with van der Waals surface area (Å²) < 4.78 is 10.5. The number of rotatable bonds is 14. The molecule has 1 fully saturated rings. The molecule has 65 heavy (non-hydrogen) atoms. The van der Waals surface area contributed by atoms with E-state index in [4.69, 9.17) is 32.7 Å². The molecule has 1 saturated heterocycles. The Hall–Kier alpha value is -7.00. The molecule has 15 heteroatoms. The van der Waals surface area contributed by atoms with Gasteiger partial charge in [-0.1, -0.05) is 48.3 Å². The van der Waals surface area contributed by atoms with Gasteiger partial charge in [0.1, 0.15) is 11.5 Å². The maximum absolute atomic E-state index is 13.2. The number of pyridine rings is 3. The average Bonchev–Trinajstić information content (AvgIpc) is 3.75. The first-order valence-corrected chi connectivity index (χ1v) is 21.7. The van der Waals surface area contributed by atoms with Crippen LogP contribution in [0.15, 0.2) is 104 Å². The third-order valence-corrected chi connectivity index (χ3v) is 11.6. The summed E-state index contributed by atoms with van der Waals surface area (Å²) in [6.07, 6.45) is 6.35. The Morgan fingerprint density at radius 1 is 0.800 bits per heavy atom. The molecule has 0 spiro atoms. The summed E-state index contributed by atoms with van der Waals surface area (Å²) >= 11 is 12.6. The minimum atomic E-state index is -0.291. The van der Waals surface area contributed by atoms with Crippen LogP contribution < -0.4 is 25.4 Å². The van der Waals surface area contributed by atoms with E-state index in [1.54, 1.807) is 44.8 Å². The second kappa shape index (κ2) is 21.6. The van der Waals surface area contributed by atoms with E-state index >= 15 is 0 Å². The van der Waals surface area contributed by atoms with Gasteiger partial charge in [-0.05, 0) is 96.3 Å². The van der Waals surface area contributed by atoms with Gasteiger partial charge in [-0.25, -0.2) is 0 Å². The smallest absolute Gasteiger partial charge is 0.255 e. The van der Waals surface area contributed by atoms with Crippen LogP contribution in [0.3, 0.4) is 0 Å². The fraction of sp³-hybridized carbons (Fsp3) is 0.240. The van der Waals surface area contributed by atoms with Crippen molar-refractivity contribution in [1.82, 2.24) is 25.2 Å². The van der Waals surface area contributed by atoms with Gasteiger partial charge in [-0.3, -0.25) is 24.6 Å². The Morgan fingerprint density at radius 2 is 1.49 bits per heavy atom. The minimum absolute atomic E-state index is 0.276. The highest BCUT2D eigenvalue weighted by molar-refractivity contribution is 6.32. The van der Waals surface area contributed by atoms with Crippen LogP contribution in [0, 0.1) is 22.7 Å². The molecule has 330 valence electrons. The topological polar surface area (TPSA) is 181 Å². The highest BCUT2D eigenvalue weighted by Crippen LogP contribution is 2.33. The number of aliphatic hydroxyl groups is 1. The summed E-state index contributed by atoms with van der Waals surface area (Å²) in [5.41, 5.74) is 9.27. The van der Waals surface area contributed by atoms with Gasteiger partial charge in [-0.15, -0.1) is 0 Å². The first-order valence-electron chi connectivity index (χ1n) is 21.0. The van der Waals surface area contributed by atoms with Gasteiger partial charge < -0.3 is 30.5 Å². The van der Waals surface area contributed by atoms with Crippen LogP contribution in [0.5, 0.6) is 11.5 Å². The molecule has 4 N–H and O–H groups in total. The molecule has 7 aromatic rings. The number of β-amino-alcohol motifs (C(OH)–C–C–N with tert-alkyl or cyclic N) is 1. The van der Waals surface area contributed by atoms with Crippen molar-refractivity contribution >= 4 is 62.3 Å². The quantitative estimate of drug-likeness (QED) is 0.0814. The summed E-state index contributed by atoms with van der Waals surface area (Å²) in [5.74, 6) is 0.938. The molecular weight excluding hydrogens is 862 g/mol. The van der Waals surface area contributed by atoms with Crippen molar-refractivity contribution in [2.45, 2.75) is 52.0 Å². The number of carbonyl (C=O) groups excluding carboxylic acids is 1. The van der Waals surface area contributed by atoms with Gasteiger partial charge in [0.15, 0.2) is 0 Å². The number of benzene rings is 4. The van der Waals surface area contributed by atoms with Crippen LogP contribution >= 0.6 is 23.2 Å². The zero-order valence-electron chi connectivity index (χ0n) is 36.2. The van der Waals surface area contributed by atoms with Gasteiger partial charge >= 0.3 is 0 Å². The van der Waals surface area contributed by atoms with Crippen LogP contribution in [0.1, 0.15) is 62.8 Å². The lowest BCUT2D eigenvalue weighted by molar-refractivity contribution is 0.0951. The van der Waals surface area contributed by atoms with Crippen molar-refractivity contribution in [3.63, 3.8) is 0 Å². The van der Waals surface area contributed by atoms with Crippen molar-refractivity contribution in [3.05, 3.63) is 158 Å². The summed E-state index contributed by atoms with van der Waals surface area (Å²) in [5, 5.41) is 41.3. The number of nitriles is 2. The number of methoxy groups -OCH3 is 2. The van der Waals surface area contributed by atoms with E-state index in [0.717, 1.165) is 63.0 Å². The molecule has 0 radical (unpaired) electrons. The summed E-state index contributed by atoms with van der Waals surface area (Å²) in [7, 11) is 3.16. The molecule has 0 saturated carbocycles. The van der Waals surface area contributed by atoms with Gasteiger partial charge in [0, 0.05) is 73.3 Å². The number of amides is 1. The van der Waals surface area contributed by atoms with Crippen molar-refractivity contribution in [2.75, 3.05) is 37.9 Å². The number of hydrogen-bond donors (Lipinski definition) is 4. The molecule has 0 aliphatic carbocycles. The van der Waals surface area contributed by atoms with Crippen molar-refractivity contribution in [2.24, 2.45) is 0 Å². The van der Waals surface area contributed by atoms with E-state index < -0.39 is 0 Å². The van der Waals surface area contributed by atoms with Crippen molar-refractivity contribution < 1.29 is 19.4 Å². The van der Waals surface area contributed by atoms with Crippen LogP contribution in [0.4, 0.5) is 11.4 Å². The second-order valence-electron chi connectivity index (χ2n) is 15.4. The molecule has 4 heterocycles.